The van der Waals surface area contributed by atoms with E-state index in [9.17, 15) is 9.90 Å². The van der Waals surface area contributed by atoms with Crippen molar-refractivity contribution < 1.29 is 34.0 Å². The number of ether oxygens (including phenoxy) is 4. The highest BCUT2D eigenvalue weighted by Gasteiger charge is 2.50. The molecular formula is C17H21NO7. The lowest BCUT2D eigenvalue weighted by atomic mass is 9.96. The molecule has 8 heteroatoms. The normalized spacial score (nSPS) is 34.8. The summed E-state index contributed by atoms with van der Waals surface area (Å²) in [6.07, 6.45) is -3.87. The molecule has 0 aliphatic carbocycles. The van der Waals surface area contributed by atoms with E-state index in [2.05, 4.69) is 11.9 Å². The van der Waals surface area contributed by atoms with Crippen LogP contribution in [0, 0.1) is 0 Å². The molecule has 3 N–H and O–H groups in total. The van der Waals surface area contributed by atoms with Gasteiger partial charge in [0, 0.05) is 5.56 Å². The van der Waals surface area contributed by atoms with Crippen molar-refractivity contribution in [1.82, 2.24) is 5.32 Å². The molecule has 0 saturated carbocycles. The molecule has 2 heterocycles. The Morgan fingerprint density at radius 3 is 2.80 bits per heavy atom. The monoisotopic (exact) mass is 351 g/mol. The van der Waals surface area contributed by atoms with Crippen LogP contribution in [-0.4, -0.2) is 60.2 Å². The summed E-state index contributed by atoms with van der Waals surface area (Å²) in [7, 11) is 0. The molecule has 6 atom stereocenters. The Bertz CT molecular complexity index is 596. The topological polar surface area (TPSA) is 106 Å². The van der Waals surface area contributed by atoms with Crippen LogP contribution >= 0.6 is 0 Å². The summed E-state index contributed by atoms with van der Waals surface area (Å²) in [6.45, 7) is 3.89. The lowest BCUT2D eigenvalue weighted by molar-refractivity contribution is -0.342. The summed E-state index contributed by atoms with van der Waals surface area (Å²) in [4.78, 5) is 11.1. The van der Waals surface area contributed by atoms with Crippen LogP contribution in [0.2, 0.25) is 0 Å². The molecule has 136 valence electrons. The van der Waals surface area contributed by atoms with Gasteiger partial charge in [-0.15, -0.1) is 6.58 Å². The number of aliphatic hydroxyl groups is 1. The average Bonchev–Trinajstić information content (AvgIpc) is 2.63. The summed E-state index contributed by atoms with van der Waals surface area (Å²) in [5.74, 6) is 0. The first-order valence-corrected chi connectivity index (χ1v) is 7.97. The fraction of sp³-hybridized carbons (Fsp3) is 0.471. The SMILES string of the molecule is C=CCOC1OC2COC(c3ccccc3)OC2C(O)C1NC(=O)O. The van der Waals surface area contributed by atoms with Gasteiger partial charge in [-0.05, 0) is 0 Å². The van der Waals surface area contributed by atoms with Crippen molar-refractivity contribution in [3.63, 3.8) is 0 Å². The van der Waals surface area contributed by atoms with E-state index in [0.717, 1.165) is 5.56 Å². The van der Waals surface area contributed by atoms with E-state index in [1.165, 1.54) is 6.08 Å². The summed E-state index contributed by atoms with van der Waals surface area (Å²) in [5.41, 5.74) is 0.806. The van der Waals surface area contributed by atoms with Gasteiger partial charge in [0.25, 0.3) is 0 Å². The minimum Gasteiger partial charge on any atom is -0.465 e. The number of hydrogen-bond donors (Lipinski definition) is 3. The average molecular weight is 351 g/mol. The number of nitrogens with one attached hydrogen (secondary N) is 1. The number of benzene rings is 1. The second-order valence-corrected chi connectivity index (χ2v) is 5.81. The predicted octanol–water partition coefficient (Wildman–Crippen LogP) is 1.03. The van der Waals surface area contributed by atoms with Crippen LogP contribution in [-0.2, 0) is 18.9 Å². The highest BCUT2D eigenvalue weighted by atomic mass is 16.7. The lowest BCUT2D eigenvalue weighted by Gasteiger charge is -2.47. The number of rotatable bonds is 5. The minimum absolute atomic E-state index is 0.154. The Kier molecular flexibility index (Phi) is 5.67. The third kappa shape index (κ3) is 4.00. The smallest absolute Gasteiger partial charge is 0.405 e. The van der Waals surface area contributed by atoms with Crippen molar-refractivity contribution in [2.24, 2.45) is 0 Å². The number of fused-ring (bicyclic) bond motifs is 1. The largest absolute Gasteiger partial charge is 0.465 e. The van der Waals surface area contributed by atoms with Gasteiger partial charge in [-0.1, -0.05) is 36.4 Å². The van der Waals surface area contributed by atoms with E-state index < -0.39 is 43.0 Å². The molecule has 6 unspecified atom stereocenters. The van der Waals surface area contributed by atoms with E-state index in [-0.39, 0.29) is 13.2 Å². The number of hydrogen-bond acceptors (Lipinski definition) is 6. The summed E-state index contributed by atoms with van der Waals surface area (Å²) in [5, 5.41) is 21.9. The third-order valence-electron chi connectivity index (χ3n) is 4.11. The summed E-state index contributed by atoms with van der Waals surface area (Å²) < 4.78 is 22.7. The second-order valence-electron chi connectivity index (χ2n) is 5.81. The maximum Gasteiger partial charge on any atom is 0.405 e. The molecule has 0 bridgehead atoms. The highest BCUT2D eigenvalue weighted by Crippen LogP contribution is 2.34. The number of carboxylic acid groups (broad SMARTS) is 1. The van der Waals surface area contributed by atoms with Crippen molar-refractivity contribution >= 4 is 6.09 Å². The Balaban J connectivity index is 1.75. The Morgan fingerprint density at radius 2 is 2.12 bits per heavy atom. The summed E-state index contributed by atoms with van der Waals surface area (Å²) >= 11 is 0. The molecule has 3 rings (SSSR count). The fourth-order valence-corrected chi connectivity index (χ4v) is 2.97. The maximum atomic E-state index is 11.1. The Hall–Kier alpha value is -1.97. The minimum atomic E-state index is -1.29. The number of amides is 1. The van der Waals surface area contributed by atoms with Gasteiger partial charge in [0.1, 0.15) is 24.4 Å². The van der Waals surface area contributed by atoms with E-state index >= 15 is 0 Å². The molecule has 2 aliphatic heterocycles. The standard InChI is InChI=1S/C17H21NO7/c1-2-8-22-16-12(18-17(20)21)13(19)14-11(24-16)9-23-15(25-14)10-6-4-3-5-7-10/h2-7,11-16,18-19H,1,8-9H2,(H,20,21). The van der Waals surface area contributed by atoms with Crippen LogP contribution in [0.5, 0.6) is 0 Å². The Labute approximate surface area is 144 Å². The Morgan fingerprint density at radius 1 is 1.36 bits per heavy atom. The van der Waals surface area contributed by atoms with Crippen molar-refractivity contribution in [3.8, 4) is 0 Å². The van der Waals surface area contributed by atoms with Gasteiger partial charge >= 0.3 is 6.09 Å². The van der Waals surface area contributed by atoms with Gasteiger partial charge in [-0.25, -0.2) is 4.79 Å². The van der Waals surface area contributed by atoms with Crippen LogP contribution in [0.4, 0.5) is 4.79 Å². The van der Waals surface area contributed by atoms with Crippen LogP contribution in [0.1, 0.15) is 11.9 Å². The molecule has 2 fully saturated rings. The van der Waals surface area contributed by atoms with E-state index in [4.69, 9.17) is 24.1 Å². The van der Waals surface area contributed by atoms with Gasteiger partial charge < -0.3 is 34.5 Å². The van der Waals surface area contributed by atoms with Crippen molar-refractivity contribution in [3.05, 3.63) is 48.6 Å². The zero-order valence-electron chi connectivity index (χ0n) is 13.5. The molecule has 0 aromatic heterocycles. The lowest BCUT2D eigenvalue weighted by Crippen LogP contribution is -2.66. The number of aliphatic hydroxyl groups excluding tert-OH is 1. The molecule has 8 nitrogen and oxygen atoms in total. The molecule has 25 heavy (non-hydrogen) atoms. The van der Waals surface area contributed by atoms with E-state index in [1.54, 1.807) is 0 Å². The zero-order chi connectivity index (χ0) is 17.8. The molecule has 1 aromatic carbocycles. The molecule has 1 amide bonds. The molecule has 1 aromatic rings. The van der Waals surface area contributed by atoms with Gasteiger partial charge in [-0.3, -0.25) is 0 Å². The molecule has 2 aliphatic rings. The first kappa shape index (κ1) is 17.8. The first-order valence-electron chi connectivity index (χ1n) is 7.97. The fourth-order valence-electron chi connectivity index (χ4n) is 2.97. The van der Waals surface area contributed by atoms with Gasteiger partial charge in [0.2, 0.25) is 0 Å². The number of carbonyl (C=O) groups is 1. The van der Waals surface area contributed by atoms with Gasteiger partial charge in [0.05, 0.1) is 13.2 Å². The molecule has 0 radical (unpaired) electrons. The highest BCUT2D eigenvalue weighted by molar-refractivity contribution is 5.65. The van der Waals surface area contributed by atoms with E-state index in [1.807, 2.05) is 30.3 Å². The van der Waals surface area contributed by atoms with Gasteiger partial charge in [-0.2, -0.15) is 0 Å². The maximum absolute atomic E-state index is 11.1. The quantitative estimate of drug-likeness (QED) is 0.680. The van der Waals surface area contributed by atoms with Crippen molar-refractivity contribution in [1.29, 1.82) is 0 Å². The van der Waals surface area contributed by atoms with Crippen LogP contribution in [0.25, 0.3) is 0 Å². The van der Waals surface area contributed by atoms with E-state index in [0.29, 0.717) is 0 Å². The molecular weight excluding hydrogens is 330 g/mol. The van der Waals surface area contributed by atoms with Crippen molar-refractivity contribution in [2.75, 3.05) is 13.2 Å². The van der Waals surface area contributed by atoms with Crippen molar-refractivity contribution in [2.45, 2.75) is 36.9 Å². The third-order valence-corrected chi connectivity index (χ3v) is 4.11. The second kappa shape index (κ2) is 7.94. The first-order chi connectivity index (χ1) is 12.1. The van der Waals surface area contributed by atoms with Crippen LogP contribution in [0.15, 0.2) is 43.0 Å². The summed E-state index contributed by atoms with van der Waals surface area (Å²) in [6, 6.07) is 8.30. The van der Waals surface area contributed by atoms with Gasteiger partial charge in [0.15, 0.2) is 12.6 Å². The molecule has 2 saturated heterocycles. The van der Waals surface area contributed by atoms with Crippen LogP contribution < -0.4 is 5.32 Å². The molecule has 0 spiro atoms. The van der Waals surface area contributed by atoms with Crippen LogP contribution in [0.3, 0.4) is 0 Å². The zero-order valence-corrected chi connectivity index (χ0v) is 13.5. The predicted molar refractivity (Wildman–Crippen MR) is 85.8 cm³/mol.